The lowest BCUT2D eigenvalue weighted by molar-refractivity contribution is 0.186. The van der Waals surface area contributed by atoms with Crippen molar-refractivity contribution in [1.82, 2.24) is 0 Å². The summed E-state index contributed by atoms with van der Waals surface area (Å²) in [6.07, 6.45) is -1.41. The van der Waals surface area contributed by atoms with Crippen LogP contribution in [0, 0.1) is 6.42 Å². The molecule has 0 saturated heterocycles. The Morgan fingerprint density at radius 2 is 1.80 bits per heavy atom. The molecule has 0 aliphatic heterocycles. The smallest absolute Gasteiger partial charge is 0.210 e. The summed E-state index contributed by atoms with van der Waals surface area (Å²) in [5, 5.41) is 0. The van der Waals surface area contributed by atoms with Gasteiger partial charge in [-0.05, 0) is 0 Å². The van der Waals surface area contributed by atoms with E-state index in [1.54, 1.807) is 0 Å². The first-order chi connectivity index (χ1) is 2.27. The van der Waals surface area contributed by atoms with Crippen molar-refractivity contribution in [1.29, 1.82) is 0 Å². The molecule has 0 saturated carbocycles. The van der Waals surface area contributed by atoms with E-state index >= 15 is 0 Å². The van der Waals surface area contributed by atoms with Crippen LogP contribution in [-0.4, -0.2) is 6.43 Å². The molecule has 0 rings (SSSR count). The Labute approximate surface area is 29.8 Å². The minimum Gasteiger partial charge on any atom is -0.210 e. The highest BCUT2D eigenvalue weighted by Gasteiger charge is 1.91. The van der Waals surface area contributed by atoms with E-state index in [4.69, 9.17) is 0 Å². The number of rotatable bonds is 1. The van der Waals surface area contributed by atoms with Gasteiger partial charge in [0.1, 0.15) is 0 Å². The predicted molar refractivity (Wildman–Crippen MR) is 16.0 cm³/mol. The third kappa shape index (κ3) is 3.86. The molecule has 0 fully saturated rings. The van der Waals surface area contributed by atoms with Crippen molar-refractivity contribution in [3.05, 3.63) is 6.42 Å². The Morgan fingerprint density at radius 1 is 1.60 bits per heavy atom. The fourth-order valence-electron chi connectivity index (χ4n) is 0. The highest BCUT2D eigenvalue weighted by atomic mass is 19.3. The molecule has 0 amide bonds. The van der Waals surface area contributed by atoms with E-state index < -0.39 is 6.43 Å². The molecule has 0 aromatic rings. The van der Waals surface area contributed by atoms with Gasteiger partial charge in [-0.1, -0.05) is 6.92 Å². The summed E-state index contributed by atoms with van der Waals surface area (Å²) in [6, 6.07) is 0. The van der Waals surface area contributed by atoms with Crippen molar-refractivity contribution in [2.24, 2.45) is 0 Å². The second kappa shape index (κ2) is 2.12. The Hall–Kier alpha value is -0.140. The molecule has 0 bridgehead atoms. The molecule has 0 aliphatic carbocycles. The fourth-order valence-corrected chi connectivity index (χ4v) is 0. The van der Waals surface area contributed by atoms with Gasteiger partial charge in [0, 0.05) is 6.42 Å². The zero-order valence-corrected chi connectivity index (χ0v) is 2.91. The molecular weight excluding hydrogens is 74.0 g/mol. The summed E-state index contributed by atoms with van der Waals surface area (Å²) in [6.45, 7) is 1.32. The maximum Gasteiger partial charge on any atom is 0.241 e. The van der Waals surface area contributed by atoms with Gasteiger partial charge in [0.25, 0.3) is 0 Å². The molecule has 0 nitrogen and oxygen atoms in total. The molecular formula is C3H5F2. The summed E-state index contributed by atoms with van der Waals surface area (Å²) in [4.78, 5) is 0. The highest BCUT2D eigenvalue weighted by Crippen LogP contribution is 1.92. The molecule has 0 aliphatic rings. The Bertz CT molecular complexity index is 18.9. The first kappa shape index (κ1) is 4.86. The van der Waals surface area contributed by atoms with Crippen molar-refractivity contribution in [3.63, 3.8) is 0 Å². The van der Waals surface area contributed by atoms with Crippen LogP contribution in [0.4, 0.5) is 8.78 Å². The average molecular weight is 79.1 g/mol. The van der Waals surface area contributed by atoms with Gasteiger partial charge in [-0.15, -0.1) is 0 Å². The molecule has 0 aromatic heterocycles. The van der Waals surface area contributed by atoms with E-state index in [-0.39, 0.29) is 0 Å². The van der Waals surface area contributed by atoms with Crippen molar-refractivity contribution in [2.75, 3.05) is 0 Å². The fraction of sp³-hybridized carbons (Fsp3) is 0.667. The zero-order chi connectivity index (χ0) is 4.28. The first-order valence-electron chi connectivity index (χ1n) is 1.35. The summed E-state index contributed by atoms with van der Waals surface area (Å²) in [5.74, 6) is 0. The van der Waals surface area contributed by atoms with E-state index in [1.807, 2.05) is 0 Å². The minimum absolute atomic E-state index is 0.833. The Morgan fingerprint density at radius 3 is 1.80 bits per heavy atom. The maximum atomic E-state index is 10.7. The average Bonchev–Trinajstić information content (AvgIpc) is 1.38. The normalized spacial score (nSPS) is 9.60. The van der Waals surface area contributed by atoms with Crippen LogP contribution in [0.1, 0.15) is 6.92 Å². The molecule has 0 spiro atoms. The lowest BCUT2D eigenvalue weighted by atomic mass is 10.5. The molecule has 0 N–H and O–H groups in total. The van der Waals surface area contributed by atoms with Gasteiger partial charge in [0.2, 0.25) is 6.43 Å². The largest absolute Gasteiger partial charge is 0.241 e. The van der Waals surface area contributed by atoms with Crippen LogP contribution < -0.4 is 0 Å². The van der Waals surface area contributed by atoms with E-state index in [0.717, 1.165) is 6.42 Å². The monoisotopic (exact) mass is 79.0 g/mol. The standard InChI is InChI=1S/C3H5F2/c1-2-3(4)5/h2-3H,1H3. The van der Waals surface area contributed by atoms with E-state index in [0.29, 0.717) is 0 Å². The van der Waals surface area contributed by atoms with Crippen molar-refractivity contribution >= 4 is 0 Å². The van der Waals surface area contributed by atoms with Crippen LogP contribution in [0.3, 0.4) is 0 Å². The van der Waals surface area contributed by atoms with E-state index in [9.17, 15) is 8.78 Å². The number of halogens is 2. The first-order valence-corrected chi connectivity index (χ1v) is 1.35. The van der Waals surface area contributed by atoms with Gasteiger partial charge < -0.3 is 0 Å². The van der Waals surface area contributed by atoms with Crippen molar-refractivity contribution in [2.45, 2.75) is 13.3 Å². The van der Waals surface area contributed by atoms with Crippen LogP contribution in [0.5, 0.6) is 0 Å². The second-order valence-electron chi connectivity index (χ2n) is 0.668. The maximum absolute atomic E-state index is 10.7. The molecule has 5 heavy (non-hydrogen) atoms. The lowest BCUT2D eigenvalue weighted by Crippen LogP contribution is -1.82. The van der Waals surface area contributed by atoms with E-state index in [1.165, 1.54) is 6.92 Å². The number of hydrogen-bond acceptors (Lipinski definition) is 0. The van der Waals surface area contributed by atoms with Gasteiger partial charge in [-0.3, -0.25) is 0 Å². The SMILES string of the molecule is C[CH]C(F)F. The molecule has 1 radical (unpaired) electrons. The molecule has 0 unspecified atom stereocenters. The van der Waals surface area contributed by atoms with Gasteiger partial charge in [-0.25, -0.2) is 8.78 Å². The topological polar surface area (TPSA) is 0 Å². The van der Waals surface area contributed by atoms with Crippen LogP contribution in [-0.2, 0) is 0 Å². The molecule has 0 atom stereocenters. The van der Waals surface area contributed by atoms with Gasteiger partial charge in [0.15, 0.2) is 0 Å². The summed E-state index contributed by atoms with van der Waals surface area (Å²) < 4.78 is 21.4. The Balaban J connectivity index is 2.54. The summed E-state index contributed by atoms with van der Waals surface area (Å²) in [7, 11) is 0. The number of alkyl halides is 2. The quantitative estimate of drug-likeness (QED) is 0.446. The van der Waals surface area contributed by atoms with Crippen LogP contribution in [0.25, 0.3) is 0 Å². The third-order valence-corrected chi connectivity index (χ3v) is 0.252. The molecule has 0 aromatic carbocycles. The van der Waals surface area contributed by atoms with Gasteiger partial charge in [0.05, 0.1) is 0 Å². The molecule has 0 heterocycles. The zero-order valence-electron chi connectivity index (χ0n) is 2.91. The lowest BCUT2D eigenvalue weighted by Gasteiger charge is -1.81. The van der Waals surface area contributed by atoms with E-state index in [2.05, 4.69) is 0 Å². The third-order valence-electron chi connectivity index (χ3n) is 0.252. The van der Waals surface area contributed by atoms with Gasteiger partial charge in [-0.2, -0.15) is 0 Å². The van der Waals surface area contributed by atoms with Gasteiger partial charge >= 0.3 is 0 Å². The summed E-state index contributed by atoms with van der Waals surface area (Å²) >= 11 is 0. The minimum atomic E-state index is -2.24. The van der Waals surface area contributed by atoms with Crippen LogP contribution in [0.15, 0.2) is 0 Å². The van der Waals surface area contributed by atoms with Crippen molar-refractivity contribution < 1.29 is 8.78 Å². The van der Waals surface area contributed by atoms with Crippen molar-refractivity contribution in [3.8, 4) is 0 Å². The Kier molecular flexibility index (Phi) is 2.06. The predicted octanol–water partition coefficient (Wildman–Crippen LogP) is 1.48. The highest BCUT2D eigenvalue weighted by molar-refractivity contribution is 4.55. The van der Waals surface area contributed by atoms with Crippen LogP contribution in [0.2, 0.25) is 0 Å². The number of hydrogen-bond donors (Lipinski definition) is 0. The second-order valence-corrected chi connectivity index (χ2v) is 0.668. The van der Waals surface area contributed by atoms with Crippen LogP contribution >= 0.6 is 0 Å². The molecule has 2 heteroatoms. The molecule has 31 valence electrons. The summed E-state index contributed by atoms with van der Waals surface area (Å²) in [5.41, 5.74) is 0.